The van der Waals surface area contributed by atoms with Crippen LogP contribution in [0.25, 0.3) is 0 Å². The number of amides is 2. The molecule has 1 aliphatic rings. The highest BCUT2D eigenvalue weighted by Gasteiger charge is 2.43. The number of rotatable bonds is 4. The molecule has 7 heteroatoms. The maximum Gasteiger partial charge on any atom is 0.329 e. The number of carboxylic acids is 1. The highest BCUT2D eigenvalue weighted by Crippen LogP contribution is 2.28. The average Bonchev–Trinajstić information content (AvgIpc) is 2.84. The molecule has 0 spiro atoms. The van der Waals surface area contributed by atoms with Gasteiger partial charge in [-0.25, -0.2) is 14.6 Å². The van der Waals surface area contributed by atoms with Crippen molar-refractivity contribution in [3.8, 4) is 0 Å². The molecule has 1 fully saturated rings. The van der Waals surface area contributed by atoms with E-state index in [-0.39, 0.29) is 6.03 Å². The van der Waals surface area contributed by atoms with Gasteiger partial charge in [-0.3, -0.25) is 0 Å². The number of hydrogen-bond donors (Lipinski definition) is 2. The molecule has 0 bridgehead atoms. The third-order valence-corrected chi connectivity index (χ3v) is 4.14. The van der Waals surface area contributed by atoms with E-state index in [1.54, 1.807) is 13.1 Å². The van der Waals surface area contributed by atoms with Crippen LogP contribution in [-0.4, -0.2) is 50.2 Å². The predicted molar refractivity (Wildman–Crippen MR) is 76.9 cm³/mol. The van der Waals surface area contributed by atoms with Crippen molar-refractivity contribution in [2.45, 2.75) is 38.1 Å². The van der Waals surface area contributed by atoms with Crippen molar-refractivity contribution in [2.24, 2.45) is 7.05 Å². The summed E-state index contributed by atoms with van der Waals surface area (Å²) in [5.41, 5.74) is -1.11. The van der Waals surface area contributed by atoms with Crippen LogP contribution < -0.4 is 5.32 Å². The van der Waals surface area contributed by atoms with Crippen LogP contribution in [0.3, 0.4) is 0 Å². The zero-order chi connectivity index (χ0) is 15.5. The van der Waals surface area contributed by atoms with Crippen molar-refractivity contribution in [3.05, 3.63) is 18.2 Å². The lowest BCUT2D eigenvalue weighted by Crippen LogP contribution is -2.60. The predicted octanol–water partition coefficient (Wildman–Crippen LogP) is 1.00. The smallest absolute Gasteiger partial charge is 0.329 e. The molecule has 2 amide bonds. The summed E-state index contributed by atoms with van der Waals surface area (Å²) < 4.78 is 1.90. The second kappa shape index (κ2) is 6.15. The van der Waals surface area contributed by atoms with Crippen LogP contribution in [0.5, 0.6) is 0 Å². The van der Waals surface area contributed by atoms with E-state index in [1.165, 1.54) is 4.90 Å². The fourth-order valence-electron chi connectivity index (χ4n) is 2.68. The number of aromatic nitrogens is 2. The van der Waals surface area contributed by atoms with Crippen LogP contribution in [0, 0.1) is 0 Å². The summed E-state index contributed by atoms with van der Waals surface area (Å²) in [6.07, 6.45) is 6.35. The maximum absolute atomic E-state index is 12.3. The van der Waals surface area contributed by atoms with E-state index in [2.05, 4.69) is 10.3 Å². The van der Waals surface area contributed by atoms with Gasteiger partial charge in [0.05, 0.1) is 0 Å². The summed E-state index contributed by atoms with van der Waals surface area (Å²) in [6, 6.07) is -0.311. The minimum atomic E-state index is -1.11. The zero-order valence-corrected chi connectivity index (χ0v) is 12.5. The molecule has 0 aromatic carbocycles. The van der Waals surface area contributed by atoms with Gasteiger partial charge in [-0.05, 0) is 26.2 Å². The van der Waals surface area contributed by atoms with Crippen LogP contribution in [-0.2, 0) is 18.3 Å². The average molecular weight is 294 g/mol. The molecule has 0 radical (unpaired) electrons. The van der Waals surface area contributed by atoms with Gasteiger partial charge in [-0.1, -0.05) is 0 Å². The van der Waals surface area contributed by atoms with Crippen molar-refractivity contribution >= 4 is 12.0 Å². The summed E-state index contributed by atoms with van der Waals surface area (Å²) in [7, 11) is 1.90. The summed E-state index contributed by atoms with van der Waals surface area (Å²) in [5.74, 6) is -0.0589. The molecule has 7 nitrogen and oxygen atoms in total. The molecule has 1 atom stereocenters. The maximum atomic E-state index is 12.3. The first-order valence-corrected chi connectivity index (χ1v) is 7.20. The number of likely N-dealkylation sites (tertiary alicyclic amines) is 1. The van der Waals surface area contributed by atoms with E-state index < -0.39 is 11.5 Å². The number of hydrogen-bond acceptors (Lipinski definition) is 3. The van der Waals surface area contributed by atoms with Gasteiger partial charge >= 0.3 is 12.0 Å². The van der Waals surface area contributed by atoms with Gasteiger partial charge in [0, 0.05) is 39.0 Å². The quantitative estimate of drug-likeness (QED) is 0.867. The third kappa shape index (κ3) is 3.17. The number of nitrogens with one attached hydrogen (secondary N) is 1. The first-order chi connectivity index (χ1) is 9.95. The minimum absolute atomic E-state index is 0.311. The molecule has 21 heavy (non-hydrogen) atoms. The fraction of sp³-hybridized carbons (Fsp3) is 0.643. The number of imidazole rings is 1. The first-order valence-electron chi connectivity index (χ1n) is 7.20. The molecular weight excluding hydrogens is 272 g/mol. The Labute approximate surface area is 124 Å². The Morgan fingerprint density at radius 3 is 2.86 bits per heavy atom. The topological polar surface area (TPSA) is 87.5 Å². The number of carboxylic acid groups (broad SMARTS) is 1. The van der Waals surface area contributed by atoms with Crippen molar-refractivity contribution in [1.82, 2.24) is 19.8 Å². The van der Waals surface area contributed by atoms with Crippen molar-refractivity contribution < 1.29 is 14.7 Å². The lowest BCUT2D eigenvalue weighted by molar-refractivity contribution is -0.150. The van der Waals surface area contributed by atoms with Gasteiger partial charge in [0.1, 0.15) is 11.4 Å². The Bertz CT molecular complexity index is 528. The molecular formula is C14H22N4O3. The van der Waals surface area contributed by atoms with E-state index in [9.17, 15) is 14.7 Å². The number of piperidine rings is 1. The standard InChI is InChI=1S/C14H22N4O3/c1-14(12(19)20)6-3-4-9-18(14)13(21)16-7-5-11-15-8-10-17(11)2/h8,10H,3-7,9H2,1-2H3,(H,16,21)(H,19,20). The molecule has 1 aliphatic heterocycles. The van der Waals surface area contributed by atoms with E-state index in [0.717, 1.165) is 18.7 Å². The van der Waals surface area contributed by atoms with E-state index in [0.29, 0.717) is 25.9 Å². The number of nitrogens with zero attached hydrogens (tertiary/aromatic N) is 3. The van der Waals surface area contributed by atoms with Crippen LogP contribution in [0.1, 0.15) is 32.0 Å². The molecule has 1 aromatic heterocycles. The summed E-state index contributed by atoms with van der Waals surface area (Å²) in [6.45, 7) is 2.54. The third-order valence-electron chi connectivity index (χ3n) is 4.14. The molecule has 0 aliphatic carbocycles. The molecule has 2 heterocycles. The number of carbonyl (C=O) groups is 2. The highest BCUT2D eigenvalue weighted by atomic mass is 16.4. The Balaban J connectivity index is 1.92. The van der Waals surface area contributed by atoms with Gasteiger partial charge in [0.15, 0.2) is 0 Å². The molecule has 1 unspecified atom stereocenters. The lowest BCUT2D eigenvalue weighted by Gasteiger charge is -2.41. The van der Waals surface area contributed by atoms with Crippen LogP contribution >= 0.6 is 0 Å². The Kier molecular flexibility index (Phi) is 4.50. The van der Waals surface area contributed by atoms with E-state index in [4.69, 9.17) is 0 Å². The molecule has 116 valence electrons. The minimum Gasteiger partial charge on any atom is -0.480 e. The van der Waals surface area contributed by atoms with Crippen LogP contribution in [0.2, 0.25) is 0 Å². The summed E-state index contributed by atoms with van der Waals surface area (Å²) >= 11 is 0. The zero-order valence-electron chi connectivity index (χ0n) is 12.5. The molecule has 1 aromatic rings. The molecule has 1 saturated heterocycles. The SMILES string of the molecule is Cn1ccnc1CCNC(=O)N1CCCCC1(C)C(=O)O. The second-order valence-electron chi connectivity index (χ2n) is 5.62. The van der Waals surface area contributed by atoms with Crippen LogP contribution in [0.15, 0.2) is 12.4 Å². The Morgan fingerprint density at radius 2 is 2.24 bits per heavy atom. The lowest BCUT2D eigenvalue weighted by atomic mass is 9.89. The molecule has 0 saturated carbocycles. The van der Waals surface area contributed by atoms with Gasteiger partial charge in [-0.2, -0.15) is 0 Å². The normalized spacial score (nSPS) is 22.1. The summed E-state index contributed by atoms with van der Waals surface area (Å²) in [4.78, 5) is 29.3. The van der Waals surface area contributed by atoms with Gasteiger partial charge in [0.25, 0.3) is 0 Å². The molecule has 2 rings (SSSR count). The van der Waals surface area contributed by atoms with Crippen molar-refractivity contribution in [1.29, 1.82) is 0 Å². The van der Waals surface area contributed by atoms with Gasteiger partial charge in [-0.15, -0.1) is 0 Å². The van der Waals surface area contributed by atoms with Gasteiger partial charge in [0.2, 0.25) is 0 Å². The Morgan fingerprint density at radius 1 is 1.48 bits per heavy atom. The fourth-order valence-corrected chi connectivity index (χ4v) is 2.68. The Hall–Kier alpha value is -2.05. The molecule has 2 N–H and O–H groups in total. The number of aliphatic carboxylic acids is 1. The van der Waals surface area contributed by atoms with Crippen molar-refractivity contribution in [3.63, 3.8) is 0 Å². The highest BCUT2D eigenvalue weighted by molar-refractivity contribution is 5.86. The summed E-state index contributed by atoms with van der Waals surface area (Å²) in [5, 5.41) is 12.2. The first kappa shape index (κ1) is 15.3. The van der Waals surface area contributed by atoms with E-state index in [1.807, 2.05) is 17.8 Å². The number of carbonyl (C=O) groups excluding carboxylic acids is 1. The van der Waals surface area contributed by atoms with E-state index >= 15 is 0 Å². The largest absolute Gasteiger partial charge is 0.480 e. The number of aryl methyl sites for hydroxylation is 1. The number of urea groups is 1. The van der Waals surface area contributed by atoms with Crippen molar-refractivity contribution in [2.75, 3.05) is 13.1 Å². The van der Waals surface area contributed by atoms with Gasteiger partial charge < -0.3 is 19.9 Å². The van der Waals surface area contributed by atoms with Crippen LogP contribution in [0.4, 0.5) is 4.79 Å². The monoisotopic (exact) mass is 294 g/mol. The second-order valence-corrected chi connectivity index (χ2v) is 5.62.